The van der Waals surface area contributed by atoms with Gasteiger partial charge in [0.1, 0.15) is 0 Å². The molecule has 0 aromatic carbocycles. The maximum absolute atomic E-state index is 9.00. The number of hydrogen-bond donors (Lipinski definition) is 3. The van der Waals surface area contributed by atoms with Crippen LogP contribution >= 0.6 is 0 Å². The van der Waals surface area contributed by atoms with Crippen molar-refractivity contribution in [2.45, 2.75) is 20.8 Å². The molecule has 0 spiro atoms. The molecule has 7 nitrogen and oxygen atoms in total. The number of carboxylic acids is 3. The summed E-state index contributed by atoms with van der Waals surface area (Å²) >= 11 is 0. The molecule has 14 heavy (non-hydrogen) atoms. The molecule has 0 heterocycles. The van der Waals surface area contributed by atoms with Gasteiger partial charge in [-0.3, -0.25) is 14.4 Å². The molecule has 0 atom stereocenters. The van der Waals surface area contributed by atoms with Gasteiger partial charge in [0.2, 0.25) is 0 Å². The molecule has 0 fully saturated rings. The van der Waals surface area contributed by atoms with Crippen molar-refractivity contribution in [3.05, 3.63) is 0 Å². The Hall–Kier alpha value is -0.279. The quantitative estimate of drug-likeness (QED) is 0.539. The maximum Gasteiger partial charge on any atom is 3.00 e. The summed E-state index contributed by atoms with van der Waals surface area (Å²) < 4.78 is 0. The van der Waals surface area contributed by atoms with E-state index in [-0.39, 0.29) is 46.3 Å². The molecule has 0 saturated carbocycles. The summed E-state index contributed by atoms with van der Waals surface area (Å²) in [4.78, 5) is 27.0. The average Bonchev–Trinajstić information content (AvgIpc) is 1.54. The molecule has 0 amide bonds. The molecule has 0 aliphatic rings. The van der Waals surface area contributed by atoms with Gasteiger partial charge < -0.3 is 20.8 Å². The van der Waals surface area contributed by atoms with E-state index in [1.165, 1.54) is 0 Å². The van der Waals surface area contributed by atoms with Crippen LogP contribution in [0.5, 0.6) is 0 Å². The third-order valence-corrected chi connectivity index (χ3v) is 0. The molecule has 81 valence electrons. The van der Waals surface area contributed by atoms with Gasteiger partial charge in [-0.1, -0.05) is 0 Å². The second-order valence-electron chi connectivity index (χ2n) is 1.56. The van der Waals surface area contributed by atoms with E-state index in [0.717, 1.165) is 20.8 Å². The second-order valence-corrected chi connectivity index (χ2v) is 1.56. The van der Waals surface area contributed by atoms with Gasteiger partial charge in [0.15, 0.2) is 0 Å². The van der Waals surface area contributed by atoms with Gasteiger partial charge in [-0.25, -0.2) is 0 Å². The van der Waals surface area contributed by atoms with E-state index in [1.54, 1.807) is 0 Å². The Morgan fingerprint density at radius 1 is 0.714 bits per heavy atom. The summed E-state index contributed by atoms with van der Waals surface area (Å²) in [5.74, 6) is -2.50. The van der Waals surface area contributed by atoms with Gasteiger partial charge in [0.25, 0.3) is 17.9 Å². The van der Waals surface area contributed by atoms with Gasteiger partial charge in [0, 0.05) is 20.8 Å². The molecular weight excluding hydrogens is 328 g/mol. The van der Waals surface area contributed by atoms with Crippen molar-refractivity contribution in [3.63, 3.8) is 0 Å². The number of carboxylic acid groups (broad SMARTS) is 3. The molecule has 0 rings (SSSR count). The first-order chi connectivity index (χ1) is 5.20. The van der Waals surface area contributed by atoms with Crippen LogP contribution in [0, 0.1) is 40.8 Å². The summed E-state index contributed by atoms with van der Waals surface area (Å²) in [5, 5.41) is 22.2. The third-order valence-electron chi connectivity index (χ3n) is 0. The van der Waals surface area contributed by atoms with E-state index in [9.17, 15) is 0 Å². The first-order valence-electron chi connectivity index (χ1n) is 2.78. The van der Waals surface area contributed by atoms with Crippen LogP contribution in [0.2, 0.25) is 0 Å². The van der Waals surface area contributed by atoms with Crippen LogP contribution in [0.1, 0.15) is 20.8 Å². The van der Waals surface area contributed by atoms with E-state index in [0.29, 0.717) is 0 Å². The minimum absolute atomic E-state index is 0. The molecule has 5 N–H and O–H groups in total. The summed E-state index contributed by atoms with van der Waals surface area (Å²) in [6, 6.07) is 0. The molecule has 0 saturated heterocycles. The Morgan fingerprint density at radius 3 is 0.714 bits per heavy atom. The number of rotatable bonds is 0. The smallest absolute Gasteiger partial charge is 0.481 e. The van der Waals surface area contributed by atoms with Crippen molar-refractivity contribution in [2.75, 3.05) is 0 Å². The van der Waals surface area contributed by atoms with Crippen LogP contribution in [0.15, 0.2) is 0 Å². The zero-order valence-corrected chi connectivity index (χ0v) is 11.3. The van der Waals surface area contributed by atoms with Crippen LogP contribution in [0.3, 0.4) is 0 Å². The number of hydrogen-bond acceptors (Lipinski definition) is 3. The van der Waals surface area contributed by atoms with Crippen molar-refractivity contribution in [3.8, 4) is 0 Å². The minimum Gasteiger partial charge on any atom is -0.481 e. The average molecular weight is 342 g/mol. The fourth-order valence-corrected chi connectivity index (χ4v) is 0. The van der Waals surface area contributed by atoms with Crippen molar-refractivity contribution >= 4 is 17.9 Å². The van der Waals surface area contributed by atoms with Crippen molar-refractivity contribution < 1.29 is 76.0 Å². The first kappa shape index (κ1) is 29.2. The predicted octanol–water partition coefficient (Wildman–Crippen LogP) is -0.552. The topological polar surface area (TPSA) is 143 Å². The van der Waals surface area contributed by atoms with Gasteiger partial charge in [-0.15, -0.1) is 0 Å². The van der Waals surface area contributed by atoms with E-state index >= 15 is 0 Å². The zero-order chi connectivity index (χ0) is 10.7. The molecular formula is C6H14NdO7+3. The summed E-state index contributed by atoms with van der Waals surface area (Å²) in [7, 11) is 0. The van der Waals surface area contributed by atoms with Gasteiger partial charge in [0.05, 0.1) is 0 Å². The van der Waals surface area contributed by atoms with Crippen LogP contribution in [0.4, 0.5) is 0 Å². The molecule has 0 bridgehead atoms. The van der Waals surface area contributed by atoms with Crippen LogP contribution < -0.4 is 0 Å². The van der Waals surface area contributed by atoms with Crippen molar-refractivity contribution in [1.82, 2.24) is 0 Å². The Bertz CT molecular complexity index is 116. The van der Waals surface area contributed by atoms with E-state index < -0.39 is 17.9 Å². The molecule has 0 aromatic heterocycles. The minimum atomic E-state index is -0.833. The van der Waals surface area contributed by atoms with Crippen LogP contribution in [0.25, 0.3) is 0 Å². The Morgan fingerprint density at radius 2 is 0.714 bits per heavy atom. The zero-order valence-electron chi connectivity index (χ0n) is 8.07. The second kappa shape index (κ2) is 23.0. The molecule has 0 aliphatic carbocycles. The Kier molecular flexibility index (Phi) is 47.9. The molecule has 0 unspecified atom stereocenters. The normalized spacial score (nSPS) is 5.36. The largest absolute Gasteiger partial charge is 3.00 e. The standard InChI is InChI=1S/3C2H4O2.Nd.H2O/c3*1-2(3)4;;/h3*1H3,(H,3,4);;1H2/q;;;+3;. The summed E-state index contributed by atoms with van der Waals surface area (Å²) in [6.45, 7) is 3.25. The maximum atomic E-state index is 9.00. The van der Waals surface area contributed by atoms with Crippen molar-refractivity contribution in [1.29, 1.82) is 0 Å². The fourth-order valence-electron chi connectivity index (χ4n) is 0. The molecule has 8 heteroatoms. The van der Waals surface area contributed by atoms with Gasteiger partial charge in [-0.05, 0) is 0 Å². The SMILES string of the molecule is CC(=O)O.CC(=O)O.CC(=O)O.O.[Nd+3]. The van der Waals surface area contributed by atoms with E-state index in [4.69, 9.17) is 29.7 Å². The summed E-state index contributed by atoms with van der Waals surface area (Å²) in [6.07, 6.45) is 0. The summed E-state index contributed by atoms with van der Waals surface area (Å²) in [5.41, 5.74) is 0. The van der Waals surface area contributed by atoms with Gasteiger partial charge >= 0.3 is 40.8 Å². The van der Waals surface area contributed by atoms with Crippen molar-refractivity contribution in [2.24, 2.45) is 0 Å². The van der Waals surface area contributed by atoms with E-state index in [1.807, 2.05) is 0 Å². The number of aliphatic carboxylic acids is 3. The monoisotopic (exact) mass is 340 g/mol. The molecule has 0 aliphatic heterocycles. The Balaban J connectivity index is -0.0000000270. The first-order valence-corrected chi connectivity index (χ1v) is 2.78. The third kappa shape index (κ3) is 17300. The predicted molar refractivity (Wildman–Crippen MR) is 43.5 cm³/mol. The molecule has 0 aromatic rings. The van der Waals surface area contributed by atoms with Gasteiger partial charge in [-0.2, -0.15) is 0 Å². The fraction of sp³-hybridized carbons (Fsp3) is 0.500. The van der Waals surface area contributed by atoms with E-state index in [2.05, 4.69) is 0 Å². The molecule has 1 radical (unpaired) electrons. The van der Waals surface area contributed by atoms with Crippen LogP contribution in [-0.2, 0) is 14.4 Å². The van der Waals surface area contributed by atoms with Crippen LogP contribution in [-0.4, -0.2) is 38.7 Å². The Labute approximate surface area is 114 Å². The number of carbonyl (C=O) groups is 3.